The molecule has 0 aromatic carbocycles. The zero-order valence-corrected chi connectivity index (χ0v) is 10.4. The molecule has 3 rings (SSSR count). The van der Waals surface area contributed by atoms with Gasteiger partial charge >= 0.3 is 0 Å². The van der Waals surface area contributed by atoms with Crippen molar-refractivity contribution in [2.45, 2.75) is 6.92 Å². The number of aryl methyl sites for hydroxylation is 1. The summed E-state index contributed by atoms with van der Waals surface area (Å²) in [5.74, 6) is 0. The van der Waals surface area contributed by atoms with Crippen LogP contribution in [0.15, 0.2) is 41.7 Å². The second kappa shape index (κ2) is 4.23. The molecule has 18 heavy (non-hydrogen) atoms. The Bertz CT molecular complexity index is 727. The second-order valence-electron chi connectivity index (χ2n) is 3.87. The average Bonchev–Trinajstić information content (AvgIpc) is 3.01. The summed E-state index contributed by atoms with van der Waals surface area (Å²) < 4.78 is 1.94. The van der Waals surface area contributed by atoms with Crippen LogP contribution < -0.4 is 5.56 Å². The molecular weight excluding hydrogens is 248 g/mol. The van der Waals surface area contributed by atoms with Crippen molar-refractivity contribution in [2.75, 3.05) is 0 Å². The molecule has 3 aromatic heterocycles. The van der Waals surface area contributed by atoms with Crippen molar-refractivity contribution >= 4 is 11.3 Å². The van der Waals surface area contributed by atoms with Crippen LogP contribution in [0.25, 0.3) is 15.6 Å². The van der Waals surface area contributed by atoms with Gasteiger partial charge in [-0.15, -0.1) is 11.3 Å². The lowest BCUT2D eigenvalue weighted by atomic mass is 10.2. The van der Waals surface area contributed by atoms with Gasteiger partial charge in [-0.3, -0.25) is 9.36 Å². The van der Waals surface area contributed by atoms with Crippen LogP contribution in [0.5, 0.6) is 0 Å². The van der Waals surface area contributed by atoms with Gasteiger partial charge in [-0.2, -0.15) is 5.10 Å². The first-order valence-corrected chi connectivity index (χ1v) is 6.20. The molecule has 0 aliphatic heterocycles. The molecule has 0 saturated carbocycles. The van der Waals surface area contributed by atoms with Crippen molar-refractivity contribution in [3.8, 4) is 15.6 Å². The van der Waals surface area contributed by atoms with E-state index in [-0.39, 0.29) is 5.56 Å². The smallest absolute Gasteiger partial charge is 0.267 e. The number of aromatic amines is 1. The molecule has 1 N–H and O–H groups in total. The van der Waals surface area contributed by atoms with Gasteiger partial charge in [0.1, 0.15) is 10.7 Å². The molecule has 6 heteroatoms. The summed E-state index contributed by atoms with van der Waals surface area (Å²) in [5, 5.41) is 7.61. The lowest BCUT2D eigenvalue weighted by Gasteiger charge is -1.97. The number of rotatable bonds is 2. The van der Waals surface area contributed by atoms with E-state index in [1.807, 2.05) is 22.9 Å². The molecule has 3 heterocycles. The number of H-pyrrole nitrogens is 1. The van der Waals surface area contributed by atoms with E-state index >= 15 is 0 Å². The fourth-order valence-corrected chi connectivity index (χ4v) is 2.54. The molecule has 0 fully saturated rings. The summed E-state index contributed by atoms with van der Waals surface area (Å²) >= 11 is 1.60. The zero-order chi connectivity index (χ0) is 12.5. The van der Waals surface area contributed by atoms with Crippen LogP contribution >= 0.6 is 11.3 Å². The molecule has 90 valence electrons. The first-order chi connectivity index (χ1) is 8.74. The summed E-state index contributed by atoms with van der Waals surface area (Å²) in [6.07, 6.45) is 5.38. The summed E-state index contributed by atoms with van der Waals surface area (Å²) in [5.41, 5.74) is 1.30. The van der Waals surface area contributed by atoms with Crippen molar-refractivity contribution < 1.29 is 0 Å². The fraction of sp³-hybridized carbons (Fsp3) is 0.0833. The van der Waals surface area contributed by atoms with Crippen LogP contribution in [-0.4, -0.2) is 19.7 Å². The Morgan fingerprint density at radius 2 is 2.28 bits per heavy atom. The summed E-state index contributed by atoms with van der Waals surface area (Å²) in [6.45, 7) is 1.77. The number of hydrogen-bond acceptors (Lipinski definition) is 4. The Hall–Kier alpha value is -2.21. The van der Waals surface area contributed by atoms with Crippen molar-refractivity contribution in [2.24, 2.45) is 0 Å². The molecule has 0 unspecified atom stereocenters. The van der Waals surface area contributed by atoms with Crippen LogP contribution in [0.2, 0.25) is 0 Å². The third kappa shape index (κ3) is 1.86. The molecule has 0 atom stereocenters. The lowest BCUT2D eigenvalue weighted by molar-refractivity contribution is 0.978. The number of imidazole rings is 1. The molecular formula is C12H10N4OS. The van der Waals surface area contributed by atoms with Gasteiger partial charge in [-0.1, -0.05) is 0 Å². The number of thiophene rings is 1. The molecule has 0 radical (unpaired) electrons. The first-order valence-electron chi connectivity index (χ1n) is 5.39. The van der Waals surface area contributed by atoms with Crippen LogP contribution in [0, 0.1) is 6.92 Å². The van der Waals surface area contributed by atoms with Crippen LogP contribution in [0.4, 0.5) is 0 Å². The highest BCUT2D eigenvalue weighted by Crippen LogP contribution is 2.28. The third-order valence-corrected chi connectivity index (χ3v) is 3.71. The van der Waals surface area contributed by atoms with Gasteiger partial charge in [0, 0.05) is 18.0 Å². The number of hydrogen-bond donors (Lipinski definition) is 1. The summed E-state index contributed by atoms with van der Waals surface area (Å²) in [7, 11) is 0. The Balaban J connectivity index is 2.03. The highest BCUT2D eigenvalue weighted by molar-refractivity contribution is 7.17. The van der Waals surface area contributed by atoms with E-state index < -0.39 is 0 Å². The van der Waals surface area contributed by atoms with Crippen molar-refractivity contribution in [1.29, 1.82) is 0 Å². The van der Waals surface area contributed by atoms with Gasteiger partial charge < -0.3 is 0 Å². The van der Waals surface area contributed by atoms with E-state index in [0.717, 1.165) is 15.6 Å². The Morgan fingerprint density at radius 1 is 1.39 bits per heavy atom. The largest absolute Gasteiger partial charge is 0.298 e. The molecule has 5 nitrogen and oxygen atoms in total. The van der Waals surface area contributed by atoms with Gasteiger partial charge in [-0.25, -0.2) is 10.1 Å². The third-order valence-electron chi connectivity index (χ3n) is 2.59. The standard InChI is InChI=1S/C12H10N4OS/c1-8-6-9(14-15-12(8)17)10-2-3-11(18-10)16-5-4-13-7-16/h2-7H,1H3,(H,15,17). The van der Waals surface area contributed by atoms with Gasteiger partial charge in [0.05, 0.1) is 11.2 Å². The van der Waals surface area contributed by atoms with Crippen molar-refractivity contribution in [1.82, 2.24) is 19.7 Å². The lowest BCUT2D eigenvalue weighted by Crippen LogP contribution is -2.10. The van der Waals surface area contributed by atoms with E-state index in [4.69, 9.17) is 0 Å². The quantitative estimate of drug-likeness (QED) is 0.764. The first kappa shape index (κ1) is 10.9. The summed E-state index contributed by atoms with van der Waals surface area (Å²) in [4.78, 5) is 16.3. The minimum Gasteiger partial charge on any atom is -0.298 e. The molecule has 0 spiro atoms. The number of aromatic nitrogens is 4. The summed E-state index contributed by atoms with van der Waals surface area (Å²) in [6, 6.07) is 5.78. The van der Waals surface area contributed by atoms with Crippen molar-refractivity contribution in [3.05, 3.63) is 52.8 Å². The minimum atomic E-state index is -0.148. The minimum absolute atomic E-state index is 0.148. The number of nitrogens with zero attached hydrogens (tertiary/aromatic N) is 3. The Labute approximate surface area is 107 Å². The molecule has 0 aliphatic rings. The molecule has 0 aliphatic carbocycles. The Kier molecular flexibility index (Phi) is 2.56. The predicted octanol–water partition coefficient (Wildman–Crippen LogP) is 1.99. The normalized spacial score (nSPS) is 10.7. The monoisotopic (exact) mass is 258 g/mol. The predicted molar refractivity (Wildman–Crippen MR) is 70.0 cm³/mol. The zero-order valence-electron chi connectivity index (χ0n) is 9.62. The molecule has 0 amide bonds. The molecule has 0 bridgehead atoms. The van der Waals surface area contributed by atoms with E-state index in [2.05, 4.69) is 15.2 Å². The van der Waals surface area contributed by atoms with Gasteiger partial charge in [0.25, 0.3) is 5.56 Å². The molecule has 0 saturated heterocycles. The van der Waals surface area contributed by atoms with E-state index in [1.165, 1.54) is 0 Å². The fourth-order valence-electron chi connectivity index (χ4n) is 1.62. The second-order valence-corrected chi connectivity index (χ2v) is 4.94. The topological polar surface area (TPSA) is 63.6 Å². The van der Waals surface area contributed by atoms with Crippen molar-refractivity contribution in [3.63, 3.8) is 0 Å². The van der Waals surface area contributed by atoms with Gasteiger partial charge in [-0.05, 0) is 25.1 Å². The average molecular weight is 258 g/mol. The maximum atomic E-state index is 11.3. The van der Waals surface area contributed by atoms with E-state index in [0.29, 0.717) is 5.56 Å². The van der Waals surface area contributed by atoms with Crippen LogP contribution in [0.3, 0.4) is 0 Å². The highest BCUT2D eigenvalue weighted by Gasteiger charge is 2.07. The van der Waals surface area contributed by atoms with Gasteiger partial charge in [0.15, 0.2) is 0 Å². The maximum absolute atomic E-state index is 11.3. The van der Waals surface area contributed by atoms with Gasteiger partial charge in [0.2, 0.25) is 0 Å². The van der Waals surface area contributed by atoms with E-state index in [1.54, 1.807) is 36.9 Å². The van der Waals surface area contributed by atoms with Crippen LogP contribution in [-0.2, 0) is 0 Å². The molecule has 3 aromatic rings. The van der Waals surface area contributed by atoms with Crippen LogP contribution in [0.1, 0.15) is 5.56 Å². The number of nitrogens with one attached hydrogen (secondary N) is 1. The van der Waals surface area contributed by atoms with E-state index in [9.17, 15) is 4.79 Å². The Morgan fingerprint density at radius 3 is 3.00 bits per heavy atom. The highest BCUT2D eigenvalue weighted by atomic mass is 32.1. The SMILES string of the molecule is Cc1cc(-c2ccc(-n3ccnc3)s2)n[nH]c1=O. The maximum Gasteiger partial charge on any atom is 0.267 e.